The minimum absolute atomic E-state index is 0.0172. The van der Waals surface area contributed by atoms with Crippen LogP contribution < -0.4 is 4.72 Å². The summed E-state index contributed by atoms with van der Waals surface area (Å²) in [5.41, 5.74) is -2.74. The van der Waals surface area contributed by atoms with Gasteiger partial charge in [0, 0.05) is 75.9 Å². The molecule has 22 atom stereocenters. The second-order valence-electron chi connectivity index (χ2n) is 25.1. The predicted molar refractivity (Wildman–Crippen MR) is 302 cm³/mol. The molecule has 23 heteroatoms. The molecule has 4 heterocycles. The van der Waals surface area contributed by atoms with Crippen LogP contribution in [0.2, 0.25) is 0 Å². The molecule has 82 heavy (non-hydrogen) atoms. The minimum atomic E-state index is -3.88. The normalized spacial score (nSPS) is 39.0. The number of carbonyl (C=O) groups excluding carboxylic acids is 3. The molecule has 1 unspecified atom stereocenters. The quantitative estimate of drug-likeness (QED) is 0.0997. The SMILES string of the molecule is CO/N=C1\C[C@@H](C)O[C@@H](O[C@@H]2[C@@H](C)[C@H](O[C@H]3CC(C)N(CC(C)(C)NS(=O)(=O)c4ccccc4)C[C@H](C)O3)[C@@H](C)C(=O)O[C@H]([C@@H](C)CO[C@@H]3O[C@H](C)[C@@H](O)[C@@H](OC)[C@H]3OC)[C@H](C)[C@@H](OC(=O)CC(C)C)[C@@H](C)C(=O)[C@@](C)(O)C[C@@H]2C)[C@@H]1O. The first-order chi connectivity index (χ1) is 38.3. The van der Waals surface area contributed by atoms with Crippen molar-refractivity contribution in [3.63, 3.8) is 0 Å². The standard InChI is InChI=1S/C59H99N3O19S/c1-31(2)24-44(63)78-50-38(9)49(33(4)29-74-57-53(72-17)52(71-16)46(64)41(12)77-57)80-55(67)40(11)51(79-45-25-34(5)62(28-36(7)75-45)30-58(13,14)61-82(69,70)42-22-20-19-21-23-42)37(8)48(32(3)27-59(15,68)54(66)39(50)10)81-56-47(65)43(60-73-18)26-35(6)76-56/h19-23,31-41,45-53,56-57,61,64-65,68H,24-30H2,1-18H3/b60-43+/t32-,33-,34?,35+,36-,37+,38-,39+,40+,41+,45-,46+,47+,48-,49+,50+,51-,52+,53+,56-,57+,59-/m0/s1. The molecule has 4 aliphatic heterocycles. The Hall–Kier alpha value is -3.27. The molecule has 4 fully saturated rings. The average molecular weight is 1190 g/mol. The Morgan fingerprint density at radius 3 is 2.10 bits per heavy atom. The van der Waals surface area contributed by atoms with E-state index in [4.69, 9.17) is 52.2 Å². The Morgan fingerprint density at radius 1 is 0.841 bits per heavy atom. The van der Waals surface area contributed by atoms with Gasteiger partial charge in [-0.3, -0.25) is 19.3 Å². The van der Waals surface area contributed by atoms with Gasteiger partial charge in [0.25, 0.3) is 0 Å². The van der Waals surface area contributed by atoms with Crippen LogP contribution in [-0.4, -0.2) is 196 Å². The number of methoxy groups -OCH3 is 2. The van der Waals surface area contributed by atoms with Gasteiger partial charge in [-0.2, -0.15) is 0 Å². The molecule has 0 spiro atoms. The molecule has 0 amide bonds. The third kappa shape index (κ3) is 17.9. The summed E-state index contributed by atoms with van der Waals surface area (Å²) in [7, 11) is 0.379. The zero-order valence-electron chi connectivity index (χ0n) is 51.7. The Balaban J connectivity index is 1.60. The molecule has 4 N–H and O–H groups in total. The molecular formula is C59H99N3O19S. The summed E-state index contributed by atoms with van der Waals surface area (Å²) < 4.78 is 93.8. The van der Waals surface area contributed by atoms with Gasteiger partial charge >= 0.3 is 11.9 Å². The fourth-order valence-corrected chi connectivity index (χ4v) is 13.8. The number of hydrogen-bond acceptors (Lipinski definition) is 21. The average Bonchev–Trinajstić information content (AvgIpc) is 3.52. The van der Waals surface area contributed by atoms with Gasteiger partial charge in [-0.15, -0.1) is 0 Å². The first-order valence-electron chi connectivity index (χ1n) is 29.2. The largest absolute Gasteiger partial charge is 0.461 e. The van der Waals surface area contributed by atoms with E-state index in [0.717, 1.165) is 0 Å². The Bertz CT molecular complexity index is 2340. The number of cyclic esters (lactones) is 1. The van der Waals surface area contributed by atoms with Crippen LogP contribution in [-0.2, 0) is 76.6 Å². The van der Waals surface area contributed by atoms with Crippen LogP contribution in [0.15, 0.2) is 40.4 Å². The van der Waals surface area contributed by atoms with Crippen molar-refractivity contribution in [2.45, 2.75) is 238 Å². The number of nitrogens with zero attached hydrogens (tertiary/aromatic N) is 2. The number of aliphatic hydroxyl groups excluding tert-OH is 2. The fourth-order valence-electron chi connectivity index (χ4n) is 12.4. The van der Waals surface area contributed by atoms with Gasteiger partial charge in [-0.05, 0) is 85.8 Å². The van der Waals surface area contributed by atoms with E-state index in [1.54, 1.807) is 78.8 Å². The number of ether oxygens (including phenoxy) is 10. The highest BCUT2D eigenvalue weighted by molar-refractivity contribution is 7.89. The van der Waals surface area contributed by atoms with Gasteiger partial charge in [0.1, 0.15) is 49.3 Å². The molecule has 0 radical (unpaired) electrons. The van der Waals surface area contributed by atoms with E-state index < -0.39 is 160 Å². The van der Waals surface area contributed by atoms with Gasteiger partial charge in [0.2, 0.25) is 10.0 Å². The highest BCUT2D eigenvalue weighted by Crippen LogP contribution is 2.40. The summed E-state index contributed by atoms with van der Waals surface area (Å²) in [6.07, 6.45) is -13.3. The van der Waals surface area contributed by atoms with Crippen molar-refractivity contribution in [2.24, 2.45) is 46.6 Å². The number of sulfonamides is 1. The fraction of sp³-hybridized carbons (Fsp3) is 0.831. The van der Waals surface area contributed by atoms with E-state index in [9.17, 15) is 28.5 Å². The van der Waals surface area contributed by atoms with Gasteiger partial charge in [-0.1, -0.05) is 71.8 Å². The van der Waals surface area contributed by atoms with Crippen molar-refractivity contribution in [2.75, 3.05) is 41.0 Å². The molecule has 5 rings (SSSR count). The van der Waals surface area contributed by atoms with E-state index in [-0.39, 0.29) is 54.9 Å². The number of esters is 2. The van der Waals surface area contributed by atoms with E-state index in [2.05, 4.69) is 14.8 Å². The highest BCUT2D eigenvalue weighted by atomic mass is 32.2. The zero-order chi connectivity index (χ0) is 61.3. The Labute approximate surface area is 487 Å². The van der Waals surface area contributed by atoms with Crippen LogP contribution in [0.1, 0.15) is 130 Å². The molecule has 4 aliphatic rings. The van der Waals surface area contributed by atoms with Gasteiger partial charge in [0.05, 0.1) is 59.6 Å². The minimum Gasteiger partial charge on any atom is -0.461 e. The number of rotatable bonds is 19. The molecule has 0 aromatic heterocycles. The number of oxime groups is 1. The van der Waals surface area contributed by atoms with E-state index >= 15 is 9.59 Å². The van der Waals surface area contributed by atoms with Crippen molar-refractivity contribution in [1.82, 2.24) is 9.62 Å². The summed E-state index contributed by atoms with van der Waals surface area (Å²) in [4.78, 5) is 51.7. The first kappa shape index (κ1) is 69.5. The summed E-state index contributed by atoms with van der Waals surface area (Å²) in [5, 5.41) is 39.3. The van der Waals surface area contributed by atoms with Crippen molar-refractivity contribution < 1.29 is 90.3 Å². The van der Waals surface area contributed by atoms with Crippen LogP contribution in [0.5, 0.6) is 0 Å². The van der Waals surface area contributed by atoms with Crippen LogP contribution in [0.25, 0.3) is 0 Å². The molecule has 0 bridgehead atoms. The van der Waals surface area contributed by atoms with Crippen LogP contribution in [0.3, 0.4) is 0 Å². The molecule has 470 valence electrons. The van der Waals surface area contributed by atoms with Gasteiger partial charge < -0.3 is 67.5 Å². The predicted octanol–water partition coefficient (Wildman–Crippen LogP) is 5.40. The lowest BCUT2D eigenvalue weighted by molar-refractivity contribution is -0.305. The zero-order valence-corrected chi connectivity index (χ0v) is 52.5. The topological polar surface area (TPSA) is 275 Å². The molecule has 22 nitrogen and oxygen atoms in total. The highest BCUT2D eigenvalue weighted by Gasteiger charge is 2.51. The number of carbonyl (C=O) groups is 3. The van der Waals surface area contributed by atoms with E-state index in [1.165, 1.54) is 28.3 Å². The Morgan fingerprint density at radius 2 is 1.49 bits per heavy atom. The van der Waals surface area contributed by atoms with Gasteiger partial charge in [-0.25, -0.2) is 13.1 Å². The van der Waals surface area contributed by atoms with E-state index in [1.807, 2.05) is 48.5 Å². The van der Waals surface area contributed by atoms with Crippen LogP contribution in [0, 0.1) is 41.4 Å². The maximum atomic E-state index is 15.5. The van der Waals surface area contributed by atoms with Crippen molar-refractivity contribution in [1.29, 1.82) is 0 Å². The summed E-state index contributed by atoms with van der Waals surface area (Å²) >= 11 is 0. The number of nitrogens with one attached hydrogen (secondary N) is 1. The number of Topliss-reactive ketones (excluding diaryl/α,β-unsaturated/α-hetero) is 1. The number of benzene rings is 1. The molecule has 1 aromatic rings. The van der Waals surface area contributed by atoms with Crippen molar-refractivity contribution in [3.05, 3.63) is 30.3 Å². The lowest BCUT2D eigenvalue weighted by Crippen LogP contribution is -2.59. The summed E-state index contributed by atoms with van der Waals surface area (Å²) in [5.74, 6) is -7.49. The monoisotopic (exact) mass is 1190 g/mol. The third-order valence-corrected chi connectivity index (χ3v) is 18.2. The maximum absolute atomic E-state index is 15.5. The van der Waals surface area contributed by atoms with Crippen molar-refractivity contribution >= 4 is 33.5 Å². The first-order valence-corrected chi connectivity index (χ1v) is 30.6. The second-order valence-corrected chi connectivity index (χ2v) is 26.8. The lowest BCUT2D eigenvalue weighted by Gasteiger charge is -2.44. The molecular weight excluding hydrogens is 1090 g/mol. The molecule has 1 aromatic carbocycles. The van der Waals surface area contributed by atoms with Crippen LogP contribution in [0.4, 0.5) is 0 Å². The third-order valence-electron chi connectivity index (χ3n) is 16.5. The molecule has 0 aliphatic carbocycles. The molecule has 0 saturated carbocycles. The van der Waals surface area contributed by atoms with Gasteiger partial charge in [0.15, 0.2) is 24.7 Å². The second kappa shape index (κ2) is 29.9. The number of hydrogen-bond donors (Lipinski definition) is 4. The molecule has 4 saturated heterocycles. The van der Waals surface area contributed by atoms with Crippen LogP contribution >= 0.6 is 0 Å². The Kier molecular flexibility index (Phi) is 25.3. The smallest absolute Gasteiger partial charge is 0.311 e. The van der Waals surface area contributed by atoms with Crippen molar-refractivity contribution in [3.8, 4) is 0 Å². The number of aliphatic hydroxyl groups is 3. The summed E-state index contributed by atoms with van der Waals surface area (Å²) in [6, 6.07) is 7.91. The maximum Gasteiger partial charge on any atom is 0.311 e. The summed E-state index contributed by atoms with van der Waals surface area (Å²) in [6.45, 7) is 27.1. The number of ketones is 1. The van der Waals surface area contributed by atoms with E-state index in [0.29, 0.717) is 13.1 Å². The lowest BCUT2D eigenvalue weighted by atomic mass is 9.74.